The van der Waals surface area contributed by atoms with Crippen LogP contribution < -0.4 is 5.32 Å². The van der Waals surface area contributed by atoms with E-state index in [1.165, 1.54) is 148 Å². The van der Waals surface area contributed by atoms with Crippen LogP contribution in [0.25, 0.3) is 0 Å². The molecule has 0 aromatic heterocycles. The number of hydrogen-bond donors (Lipinski definition) is 6. The zero-order valence-electron chi connectivity index (χ0n) is 33.8. The van der Waals surface area contributed by atoms with Gasteiger partial charge in [-0.2, -0.15) is 0 Å². The van der Waals surface area contributed by atoms with E-state index in [9.17, 15) is 30.3 Å². The van der Waals surface area contributed by atoms with Crippen LogP contribution in [0.1, 0.15) is 213 Å². The minimum atomic E-state index is -1.55. The van der Waals surface area contributed by atoms with Gasteiger partial charge in [-0.25, -0.2) is 0 Å². The summed E-state index contributed by atoms with van der Waals surface area (Å²) in [6.45, 7) is 3.82. The monoisotopic (exact) mass is 744 g/mol. The first kappa shape index (κ1) is 49.2. The molecule has 1 fully saturated rings. The first-order valence-corrected chi connectivity index (χ1v) is 22.2. The van der Waals surface area contributed by atoms with E-state index in [4.69, 9.17) is 9.47 Å². The van der Waals surface area contributed by atoms with Gasteiger partial charge in [0.05, 0.1) is 25.4 Å². The van der Waals surface area contributed by atoms with Gasteiger partial charge in [0.15, 0.2) is 6.29 Å². The molecule has 310 valence electrons. The second-order valence-electron chi connectivity index (χ2n) is 15.9. The Kier molecular flexibility index (Phi) is 32.8. The van der Waals surface area contributed by atoms with E-state index >= 15 is 0 Å². The Hall–Kier alpha value is -0.810. The van der Waals surface area contributed by atoms with E-state index in [0.29, 0.717) is 12.8 Å². The lowest BCUT2D eigenvalue weighted by Crippen LogP contribution is -2.60. The molecule has 0 saturated carbocycles. The number of rotatable bonds is 37. The van der Waals surface area contributed by atoms with E-state index in [1.807, 2.05) is 0 Å². The lowest BCUT2D eigenvalue weighted by atomic mass is 9.99. The van der Waals surface area contributed by atoms with Crippen LogP contribution in [-0.4, -0.2) is 87.5 Å². The molecule has 9 heteroatoms. The predicted molar refractivity (Wildman–Crippen MR) is 212 cm³/mol. The normalized spacial score (nSPS) is 21.7. The van der Waals surface area contributed by atoms with E-state index in [1.54, 1.807) is 0 Å². The number of unbranched alkanes of at least 4 members (excludes halogenated alkanes) is 27. The third-order valence-corrected chi connectivity index (χ3v) is 11.0. The molecular weight excluding hydrogens is 658 g/mol. The number of hydrogen-bond acceptors (Lipinski definition) is 8. The first-order valence-electron chi connectivity index (χ1n) is 22.2. The molecule has 0 bridgehead atoms. The molecular formula is C43H85NO8. The molecule has 7 atom stereocenters. The lowest BCUT2D eigenvalue weighted by molar-refractivity contribution is -0.302. The largest absolute Gasteiger partial charge is 0.394 e. The summed E-state index contributed by atoms with van der Waals surface area (Å²) in [5, 5.41) is 54.2. The standard InChI is InChI=1S/C43H85NO8/c1-3-5-7-9-11-13-15-16-17-18-19-20-21-22-23-25-27-29-31-33-39(47)44-36(35-51-43-42(50)41(49)40(48)38(34-45)52-43)37(46)32-30-28-26-24-14-12-10-8-6-4-2/h36-38,40-43,45-46,48-50H,3-35H2,1-2H3,(H,44,47)/t36-,37+,38+,40+,41?,42?,43+/m0/s1. The number of amides is 1. The van der Waals surface area contributed by atoms with Crippen molar-refractivity contribution in [2.75, 3.05) is 13.2 Å². The van der Waals surface area contributed by atoms with Gasteiger partial charge in [0.25, 0.3) is 0 Å². The van der Waals surface area contributed by atoms with E-state index in [2.05, 4.69) is 19.2 Å². The summed E-state index contributed by atoms with van der Waals surface area (Å²) in [6.07, 6.45) is 29.7. The average Bonchev–Trinajstić information content (AvgIpc) is 3.14. The maximum atomic E-state index is 12.9. The Bertz CT molecular complexity index is 786. The van der Waals surface area contributed by atoms with Gasteiger partial charge in [-0.1, -0.05) is 194 Å². The number of aliphatic hydroxyl groups is 5. The molecule has 2 unspecified atom stereocenters. The van der Waals surface area contributed by atoms with Crippen molar-refractivity contribution >= 4 is 5.91 Å². The molecule has 0 aromatic carbocycles. The Morgan fingerprint density at radius 3 is 1.37 bits per heavy atom. The predicted octanol–water partition coefficient (Wildman–Crippen LogP) is 8.78. The van der Waals surface area contributed by atoms with E-state index < -0.39 is 49.5 Å². The van der Waals surface area contributed by atoms with Crippen molar-refractivity contribution in [3.8, 4) is 0 Å². The summed E-state index contributed by atoms with van der Waals surface area (Å²) in [4.78, 5) is 12.9. The van der Waals surface area contributed by atoms with E-state index in [-0.39, 0.29) is 12.5 Å². The van der Waals surface area contributed by atoms with Crippen LogP contribution in [0.5, 0.6) is 0 Å². The second-order valence-corrected chi connectivity index (χ2v) is 15.9. The fourth-order valence-corrected chi connectivity index (χ4v) is 7.34. The number of aliphatic hydroxyl groups excluding tert-OH is 5. The fraction of sp³-hybridized carbons (Fsp3) is 0.977. The third-order valence-electron chi connectivity index (χ3n) is 11.0. The summed E-state index contributed by atoms with van der Waals surface area (Å²) < 4.78 is 11.2. The fourth-order valence-electron chi connectivity index (χ4n) is 7.34. The maximum absolute atomic E-state index is 12.9. The Morgan fingerprint density at radius 2 is 0.962 bits per heavy atom. The highest BCUT2D eigenvalue weighted by Gasteiger charge is 2.44. The van der Waals surface area contributed by atoms with Gasteiger partial charge in [0.1, 0.15) is 24.4 Å². The zero-order valence-corrected chi connectivity index (χ0v) is 33.8. The molecule has 1 saturated heterocycles. The average molecular weight is 744 g/mol. The molecule has 9 nitrogen and oxygen atoms in total. The molecule has 1 aliphatic heterocycles. The summed E-state index contributed by atoms with van der Waals surface area (Å²) in [7, 11) is 0. The van der Waals surface area contributed by atoms with Crippen molar-refractivity contribution in [2.45, 2.75) is 256 Å². The topological polar surface area (TPSA) is 149 Å². The van der Waals surface area contributed by atoms with Gasteiger partial charge in [-0.3, -0.25) is 4.79 Å². The van der Waals surface area contributed by atoms with Crippen molar-refractivity contribution < 1.29 is 39.8 Å². The number of nitrogens with one attached hydrogen (secondary N) is 1. The van der Waals surface area contributed by atoms with Crippen molar-refractivity contribution in [3.63, 3.8) is 0 Å². The molecule has 0 radical (unpaired) electrons. The maximum Gasteiger partial charge on any atom is 0.220 e. The van der Waals surface area contributed by atoms with Gasteiger partial charge in [-0.05, 0) is 12.8 Å². The lowest BCUT2D eigenvalue weighted by Gasteiger charge is -2.40. The van der Waals surface area contributed by atoms with Crippen molar-refractivity contribution in [3.05, 3.63) is 0 Å². The number of ether oxygens (including phenoxy) is 2. The van der Waals surface area contributed by atoms with Crippen molar-refractivity contribution in [1.82, 2.24) is 5.32 Å². The Balaban J connectivity index is 2.28. The molecule has 1 amide bonds. The van der Waals surface area contributed by atoms with Gasteiger partial charge in [-0.15, -0.1) is 0 Å². The van der Waals surface area contributed by atoms with Crippen LogP contribution in [0.2, 0.25) is 0 Å². The molecule has 0 spiro atoms. The van der Waals surface area contributed by atoms with Crippen molar-refractivity contribution in [2.24, 2.45) is 0 Å². The van der Waals surface area contributed by atoms with E-state index in [0.717, 1.165) is 38.5 Å². The van der Waals surface area contributed by atoms with Gasteiger partial charge in [0, 0.05) is 6.42 Å². The van der Waals surface area contributed by atoms with Gasteiger partial charge in [0.2, 0.25) is 5.91 Å². The van der Waals surface area contributed by atoms with Crippen molar-refractivity contribution in [1.29, 1.82) is 0 Å². The second kappa shape index (κ2) is 34.7. The van der Waals surface area contributed by atoms with Gasteiger partial charge < -0.3 is 40.3 Å². The summed E-state index contributed by atoms with van der Waals surface area (Å²) in [6, 6.07) is -0.709. The molecule has 1 heterocycles. The zero-order chi connectivity index (χ0) is 38.1. The molecule has 0 aliphatic carbocycles. The SMILES string of the molecule is CCCCCCCCCCCCCCCCCCCCCC(=O)N[C@@H](CO[C@@H]1O[C@H](CO)[C@@H](O)C(O)C1O)[C@H](O)CCCCCCCCCCCC. The van der Waals surface area contributed by atoms with Crippen LogP contribution in [-0.2, 0) is 14.3 Å². The Labute approximate surface area is 319 Å². The molecule has 1 aliphatic rings. The molecule has 6 N–H and O–H groups in total. The number of carbonyl (C=O) groups excluding carboxylic acids is 1. The smallest absolute Gasteiger partial charge is 0.220 e. The van der Waals surface area contributed by atoms with Gasteiger partial charge >= 0.3 is 0 Å². The minimum absolute atomic E-state index is 0.132. The highest BCUT2D eigenvalue weighted by Crippen LogP contribution is 2.23. The Morgan fingerprint density at radius 1 is 0.577 bits per heavy atom. The molecule has 0 aromatic rings. The summed E-state index contributed by atoms with van der Waals surface area (Å²) in [5.74, 6) is -0.142. The van der Waals surface area contributed by atoms with Crippen LogP contribution >= 0.6 is 0 Å². The third kappa shape index (κ3) is 25.3. The quantitative estimate of drug-likeness (QED) is 0.0346. The van der Waals surface area contributed by atoms with Crippen LogP contribution in [0.3, 0.4) is 0 Å². The summed E-state index contributed by atoms with van der Waals surface area (Å²) >= 11 is 0. The van der Waals surface area contributed by atoms with Crippen LogP contribution in [0, 0.1) is 0 Å². The molecule has 1 rings (SSSR count). The van der Waals surface area contributed by atoms with Crippen LogP contribution in [0.4, 0.5) is 0 Å². The number of carbonyl (C=O) groups is 1. The minimum Gasteiger partial charge on any atom is -0.394 e. The highest BCUT2D eigenvalue weighted by molar-refractivity contribution is 5.76. The first-order chi connectivity index (χ1) is 25.3. The summed E-state index contributed by atoms with van der Waals surface area (Å²) in [5.41, 5.74) is 0. The highest BCUT2D eigenvalue weighted by atomic mass is 16.7. The molecule has 52 heavy (non-hydrogen) atoms. The van der Waals surface area contributed by atoms with Crippen LogP contribution in [0.15, 0.2) is 0 Å².